The Labute approximate surface area is 97.7 Å². The molecule has 0 saturated carbocycles. The van der Waals surface area contributed by atoms with Crippen LogP contribution in [-0.4, -0.2) is 18.8 Å². The van der Waals surface area contributed by atoms with Crippen LogP contribution in [0.2, 0.25) is 0 Å². The molecule has 82 valence electrons. The van der Waals surface area contributed by atoms with Gasteiger partial charge in [-0.25, -0.2) is 0 Å². The number of methoxy groups -OCH3 is 1. The number of rotatable bonds is 3. The second-order valence-corrected chi connectivity index (χ2v) is 3.94. The molecule has 0 unspecified atom stereocenters. The van der Waals surface area contributed by atoms with Crippen molar-refractivity contribution in [2.45, 2.75) is 6.92 Å². The van der Waals surface area contributed by atoms with E-state index in [1.807, 2.05) is 6.92 Å². The Morgan fingerprint density at radius 1 is 1.60 bits per heavy atom. The molecule has 0 fully saturated rings. The molecule has 15 heavy (non-hydrogen) atoms. The van der Waals surface area contributed by atoms with Crippen LogP contribution in [0.3, 0.4) is 0 Å². The predicted octanol–water partition coefficient (Wildman–Crippen LogP) is 2.44. The Kier molecular flexibility index (Phi) is 4.17. The Morgan fingerprint density at radius 2 is 2.27 bits per heavy atom. The minimum Gasteiger partial charge on any atom is -0.504 e. The third kappa shape index (κ3) is 2.52. The van der Waals surface area contributed by atoms with E-state index in [0.29, 0.717) is 12.3 Å². The maximum absolute atomic E-state index is 9.88. The first-order valence-corrected chi connectivity index (χ1v) is 5.33. The smallest absolute Gasteiger partial charge is 0.165 e. The van der Waals surface area contributed by atoms with Crippen LogP contribution < -0.4 is 10.5 Å². The normalized spacial score (nSPS) is 10.9. The summed E-state index contributed by atoms with van der Waals surface area (Å²) in [6, 6.07) is 1.74. The monoisotopic (exact) mass is 271 g/mol. The Hall–Kier alpha value is -1.00. The van der Waals surface area contributed by atoms with Crippen molar-refractivity contribution >= 4 is 22.0 Å². The van der Waals surface area contributed by atoms with Crippen LogP contribution >= 0.6 is 15.9 Å². The number of nitrogens with two attached hydrogens (primary N) is 1. The van der Waals surface area contributed by atoms with Crippen molar-refractivity contribution in [2.24, 2.45) is 5.73 Å². The van der Waals surface area contributed by atoms with Crippen LogP contribution in [0.15, 0.2) is 16.6 Å². The minimum atomic E-state index is 0.142. The molecule has 0 aliphatic carbocycles. The maximum atomic E-state index is 9.88. The van der Waals surface area contributed by atoms with Crippen LogP contribution in [0.1, 0.15) is 11.1 Å². The van der Waals surface area contributed by atoms with Gasteiger partial charge in [0.25, 0.3) is 0 Å². The Bertz CT molecular complexity index is 389. The molecular formula is C11H14BrNO2. The van der Waals surface area contributed by atoms with Crippen molar-refractivity contribution in [2.75, 3.05) is 13.7 Å². The number of benzene rings is 1. The van der Waals surface area contributed by atoms with E-state index in [0.717, 1.165) is 15.6 Å². The van der Waals surface area contributed by atoms with Crippen molar-refractivity contribution in [1.29, 1.82) is 0 Å². The molecule has 0 saturated heterocycles. The summed E-state index contributed by atoms with van der Waals surface area (Å²) >= 11 is 3.41. The zero-order chi connectivity index (χ0) is 11.4. The fourth-order valence-corrected chi connectivity index (χ4v) is 1.70. The average molecular weight is 272 g/mol. The van der Waals surface area contributed by atoms with Gasteiger partial charge in [0.1, 0.15) is 0 Å². The lowest BCUT2D eigenvalue weighted by atomic mass is 10.1. The van der Waals surface area contributed by atoms with Gasteiger partial charge < -0.3 is 15.6 Å². The van der Waals surface area contributed by atoms with E-state index < -0.39 is 0 Å². The molecule has 3 N–H and O–H groups in total. The van der Waals surface area contributed by atoms with Crippen LogP contribution in [0.4, 0.5) is 0 Å². The van der Waals surface area contributed by atoms with Gasteiger partial charge >= 0.3 is 0 Å². The first kappa shape index (κ1) is 12.1. The molecule has 0 heterocycles. The molecule has 3 nitrogen and oxygen atoms in total. The van der Waals surface area contributed by atoms with Crippen molar-refractivity contribution in [3.8, 4) is 11.5 Å². The van der Waals surface area contributed by atoms with E-state index in [2.05, 4.69) is 15.9 Å². The van der Waals surface area contributed by atoms with Gasteiger partial charge in [0.05, 0.1) is 7.11 Å². The highest BCUT2D eigenvalue weighted by atomic mass is 79.9. The Morgan fingerprint density at radius 3 is 2.80 bits per heavy atom. The van der Waals surface area contributed by atoms with E-state index in [1.165, 1.54) is 7.11 Å². The number of phenolic OH excluding ortho intramolecular Hbond substituents is 1. The highest BCUT2D eigenvalue weighted by Crippen LogP contribution is 2.37. The summed E-state index contributed by atoms with van der Waals surface area (Å²) in [5.74, 6) is 0.590. The highest BCUT2D eigenvalue weighted by molar-refractivity contribution is 9.10. The summed E-state index contributed by atoms with van der Waals surface area (Å²) in [6.07, 6.45) is 3.58. The molecule has 0 aromatic heterocycles. The summed E-state index contributed by atoms with van der Waals surface area (Å²) in [6.45, 7) is 2.35. The number of aromatic hydroxyl groups is 1. The number of halogens is 1. The lowest BCUT2D eigenvalue weighted by molar-refractivity contribution is 0.372. The van der Waals surface area contributed by atoms with Gasteiger partial charge in [0, 0.05) is 16.6 Å². The van der Waals surface area contributed by atoms with Gasteiger partial charge in [0.15, 0.2) is 11.5 Å². The van der Waals surface area contributed by atoms with Gasteiger partial charge in [-0.1, -0.05) is 28.1 Å². The van der Waals surface area contributed by atoms with Gasteiger partial charge in [-0.2, -0.15) is 0 Å². The molecule has 1 rings (SSSR count). The molecular weight excluding hydrogens is 258 g/mol. The summed E-state index contributed by atoms with van der Waals surface area (Å²) in [5.41, 5.74) is 7.06. The third-order valence-electron chi connectivity index (χ3n) is 2.15. The summed E-state index contributed by atoms with van der Waals surface area (Å²) < 4.78 is 5.95. The summed E-state index contributed by atoms with van der Waals surface area (Å²) in [7, 11) is 1.52. The van der Waals surface area contributed by atoms with Gasteiger partial charge in [-0.3, -0.25) is 0 Å². The molecule has 0 aliphatic rings. The van der Waals surface area contributed by atoms with E-state index in [1.54, 1.807) is 18.2 Å². The molecule has 0 atom stereocenters. The van der Waals surface area contributed by atoms with Crippen LogP contribution in [0.5, 0.6) is 11.5 Å². The zero-order valence-electron chi connectivity index (χ0n) is 8.75. The topological polar surface area (TPSA) is 55.5 Å². The molecule has 0 aliphatic heterocycles. The number of hydrogen-bond acceptors (Lipinski definition) is 3. The molecule has 0 radical (unpaired) electrons. The zero-order valence-corrected chi connectivity index (χ0v) is 10.3. The van der Waals surface area contributed by atoms with Gasteiger partial charge in [-0.05, 0) is 18.6 Å². The van der Waals surface area contributed by atoms with Crippen molar-refractivity contribution in [3.05, 3.63) is 27.7 Å². The largest absolute Gasteiger partial charge is 0.504 e. The second-order valence-electron chi connectivity index (χ2n) is 3.09. The Balaban J connectivity index is 3.33. The number of ether oxygens (including phenoxy) is 1. The number of hydrogen-bond donors (Lipinski definition) is 2. The first-order chi connectivity index (χ1) is 7.11. The van der Waals surface area contributed by atoms with E-state index in [-0.39, 0.29) is 5.75 Å². The fourth-order valence-electron chi connectivity index (χ4n) is 1.28. The molecule has 1 aromatic carbocycles. The second kappa shape index (κ2) is 5.19. The predicted molar refractivity (Wildman–Crippen MR) is 65.2 cm³/mol. The molecule has 0 amide bonds. The van der Waals surface area contributed by atoms with Gasteiger partial charge in [-0.15, -0.1) is 0 Å². The molecule has 0 bridgehead atoms. The summed E-state index contributed by atoms with van der Waals surface area (Å²) in [4.78, 5) is 0. The van der Waals surface area contributed by atoms with Crippen LogP contribution in [0.25, 0.3) is 6.08 Å². The average Bonchev–Trinajstić information content (AvgIpc) is 2.23. The highest BCUT2D eigenvalue weighted by Gasteiger charge is 2.11. The van der Waals surface area contributed by atoms with Crippen LogP contribution in [0, 0.1) is 6.92 Å². The first-order valence-electron chi connectivity index (χ1n) is 4.54. The number of phenols is 1. The van der Waals surface area contributed by atoms with Crippen molar-refractivity contribution < 1.29 is 9.84 Å². The standard InChI is InChI=1S/C11H14BrNO2/c1-7-8(4-3-5-13)11(14)10(15-2)6-9(7)12/h3-4,6,14H,5,13H2,1-2H3/b4-3+. The van der Waals surface area contributed by atoms with E-state index in [4.69, 9.17) is 10.5 Å². The van der Waals surface area contributed by atoms with Crippen molar-refractivity contribution in [3.63, 3.8) is 0 Å². The quantitative estimate of drug-likeness (QED) is 0.888. The third-order valence-corrected chi connectivity index (χ3v) is 2.97. The lowest BCUT2D eigenvalue weighted by Gasteiger charge is -2.11. The molecule has 4 heteroatoms. The SMILES string of the molecule is COc1cc(Br)c(C)c(/C=C/CN)c1O. The summed E-state index contributed by atoms with van der Waals surface area (Å²) in [5, 5.41) is 9.88. The fraction of sp³-hybridized carbons (Fsp3) is 0.273. The van der Waals surface area contributed by atoms with Gasteiger partial charge in [0.2, 0.25) is 0 Å². The van der Waals surface area contributed by atoms with Crippen molar-refractivity contribution in [1.82, 2.24) is 0 Å². The minimum absolute atomic E-state index is 0.142. The maximum Gasteiger partial charge on any atom is 0.165 e. The lowest BCUT2D eigenvalue weighted by Crippen LogP contribution is -1.94. The van der Waals surface area contributed by atoms with Crippen LogP contribution in [-0.2, 0) is 0 Å². The molecule has 0 spiro atoms. The molecule has 1 aromatic rings. The van der Waals surface area contributed by atoms with E-state index in [9.17, 15) is 5.11 Å². The van der Waals surface area contributed by atoms with E-state index >= 15 is 0 Å².